The molecule has 4 unspecified atom stereocenters. The van der Waals surface area contributed by atoms with E-state index in [1.807, 2.05) is 0 Å². The van der Waals surface area contributed by atoms with E-state index in [0.717, 1.165) is 13.8 Å². The molecule has 0 amide bonds. The average Bonchev–Trinajstić information content (AvgIpc) is 2.14. The summed E-state index contributed by atoms with van der Waals surface area (Å²) in [6.07, 6.45) is -3.22. The molecule has 0 heterocycles. The molecule has 0 aromatic heterocycles. The van der Waals surface area contributed by atoms with Crippen LogP contribution in [0.5, 0.6) is 0 Å². The SMILES string of the molecule is CC(O)(C(O)CO)C(C)(O)C(O)CO. The first-order valence-corrected chi connectivity index (χ1v) is 4.24. The van der Waals surface area contributed by atoms with Crippen molar-refractivity contribution in [3.05, 3.63) is 0 Å². The van der Waals surface area contributed by atoms with Crippen molar-refractivity contribution < 1.29 is 30.6 Å². The smallest absolute Gasteiger partial charge is 0.121 e. The molecular formula is C8H18O6. The van der Waals surface area contributed by atoms with Gasteiger partial charge in [-0.2, -0.15) is 0 Å². The van der Waals surface area contributed by atoms with Gasteiger partial charge in [0.15, 0.2) is 0 Å². The van der Waals surface area contributed by atoms with Crippen LogP contribution < -0.4 is 0 Å². The number of hydrogen-bond acceptors (Lipinski definition) is 6. The van der Waals surface area contributed by atoms with Crippen molar-refractivity contribution in [2.24, 2.45) is 0 Å². The highest BCUT2D eigenvalue weighted by Crippen LogP contribution is 2.28. The molecule has 0 aliphatic rings. The minimum absolute atomic E-state index is 0.763. The van der Waals surface area contributed by atoms with Crippen LogP contribution in [0.15, 0.2) is 0 Å². The highest BCUT2D eigenvalue weighted by molar-refractivity contribution is 5.02. The van der Waals surface area contributed by atoms with Gasteiger partial charge in [0.1, 0.15) is 23.4 Å². The third-order valence-electron chi connectivity index (χ3n) is 2.67. The van der Waals surface area contributed by atoms with Gasteiger partial charge in [-0.25, -0.2) is 0 Å². The van der Waals surface area contributed by atoms with Crippen LogP contribution in [0.3, 0.4) is 0 Å². The van der Waals surface area contributed by atoms with Gasteiger partial charge < -0.3 is 30.6 Å². The van der Waals surface area contributed by atoms with Crippen LogP contribution in [0.2, 0.25) is 0 Å². The first-order valence-electron chi connectivity index (χ1n) is 4.24. The fourth-order valence-electron chi connectivity index (χ4n) is 1.03. The van der Waals surface area contributed by atoms with Crippen molar-refractivity contribution in [2.45, 2.75) is 37.3 Å². The predicted molar refractivity (Wildman–Crippen MR) is 47.4 cm³/mol. The first-order chi connectivity index (χ1) is 6.21. The van der Waals surface area contributed by atoms with E-state index in [2.05, 4.69) is 0 Å². The molecule has 0 aliphatic carbocycles. The molecule has 0 spiro atoms. The minimum Gasteiger partial charge on any atom is -0.394 e. The van der Waals surface area contributed by atoms with E-state index in [9.17, 15) is 20.4 Å². The summed E-state index contributed by atoms with van der Waals surface area (Å²) < 4.78 is 0. The summed E-state index contributed by atoms with van der Waals surface area (Å²) in [5, 5.41) is 55.0. The van der Waals surface area contributed by atoms with Gasteiger partial charge in [-0.1, -0.05) is 0 Å². The molecule has 6 nitrogen and oxygen atoms in total. The maximum Gasteiger partial charge on any atom is 0.121 e. The summed E-state index contributed by atoms with van der Waals surface area (Å²) >= 11 is 0. The highest BCUT2D eigenvalue weighted by atomic mass is 16.4. The third kappa shape index (κ3) is 2.22. The van der Waals surface area contributed by atoms with Crippen molar-refractivity contribution >= 4 is 0 Å². The lowest BCUT2D eigenvalue weighted by Gasteiger charge is -2.43. The molecule has 0 aliphatic heterocycles. The maximum absolute atomic E-state index is 9.68. The van der Waals surface area contributed by atoms with Gasteiger partial charge in [-0.15, -0.1) is 0 Å². The molecule has 4 atom stereocenters. The van der Waals surface area contributed by atoms with E-state index in [1.54, 1.807) is 0 Å². The molecule has 0 saturated carbocycles. The molecule has 6 heteroatoms. The molecular weight excluding hydrogens is 192 g/mol. The monoisotopic (exact) mass is 210 g/mol. The topological polar surface area (TPSA) is 121 Å². The molecule has 0 saturated heterocycles. The normalized spacial score (nSPS) is 24.9. The number of aliphatic hydroxyl groups is 6. The standard InChI is InChI=1S/C8H18O6/c1-7(13,5(11)3-9)8(2,14)6(12)4-10/h5-6,9-14H,3-4H2,1-2H3. The molecule has 0 aromatic carbocycles. The lowest BCUT2D eigenvalue weighted by Crippen LogP contribution is -2.64. The second kappa shape index (κ2) is 4.52. The van der Waals surface area contributed by atoms with E-state index in [4.69, 9.17) is 10.2 Å². The highest BCUT2D eigenvalue weighted by Gasteiger charge is 2.51. The quantitative estimate of drug-likeness (QED) is 0.291. The van der Waals surface area contributed by atoms with Crippen molar-refractivity contribution in [2.75, 3.05) is 13.2 Å². The minimum atomic E-state index is -2.12. The Morgan fingerprint density at radius 3 is 1.21 bits per heavy atom. The van der Waals surface area contributed by atoms with Crippen molar-refractivity contribution in [3.63, 3.8) is 0 Å². The summed E-state index contributed by atoms with van der Waals surface area (Å²) in [4.78, 5) is 0. The molecule has 0 radical (unpaired) electrons. The van der Waals surface area contributed by atoms with Crippen LogP contribution in [0.4, 0.5) is 0 Å². The first kappa shape index (κ1) is 13.8. The zero-order chi connectivity index (χ0) is 11.6. The fourth-order valence-corrected chi connectivity index (χ4v) is 1.03. The van der Waals surface area contributed by atoms with Crippen molar-refractivity contribution in [1.29, 1.82) is 0 Å². The number of hydrogen-bond donors (Lipinski definition) is 6. The fraction of sp³-hybridized carbons (Fsp3) is 1.00. The van der Waals surface area contributed by atoms with Gasteiger partial charge in [0, 0.05) is 0 Å². The van der Waals surface area contributed by atoms with Gasteiger partial charge in [-0.3, -0.25) is 0 Å². The lowest BCUT2D eigenvalue weighted by atomic mass is 9.78. The van der Waals surface area contributed by atoms with E-state index < -0.39 is 36.6 Å². The molecule has 0 aromatic rings. The van der Waals surface area contributed by atoms with Gasteiger partial charge in [0.05, 0.1) is 13.2 Å². The Hall–Kier alpha value is -0.240. The zero-order valence-corrected chi connectivity index (χ0v) is 8.25. The summed E-state index contributed by atoms with van der Waals surface area (Å²) in [5.74, 6) is 0. The second-order valence-corrected chi connectivity index (χ2v) is 3.69. The Kier molecular flexibility index (Phi) is 4.44. The molecule has 0 bridgehead atoms. The second-order valence-electron chi connectivity index (χ2n) is 3.69. The Labute approximate surface area is 82.1 Å². The summed E-state index contributed by atoms with van der Waals surface area (Å²) in [5.41, 5.74) is -4.24. The summed E-state index contributed by atoms with van der Waals surface area (Å²) in [6, 6.07) is 0. The van der Waals surface area contributed by atoms with Crippen LogP contribution in [0.25, 0.3) is 0 Å². The van der Waals surface area contributed by atoms with Crippen LogP contribution >= 0.6 is 0 Å². The number of aliphatic hydroxyl groups excluding tert-OH is 4. The van der Waals surface area contributed by atoms with E-state index in [0.29, 0.717) is 0 Å². The Bertz CT molecular complexity index is 159. The Balaban J connectivity index is 4.85. The van der Waals surface area contributed by atoms with Gasteiger partial charge >= 0.3 is 0 Å². The number of rotatable bonds is 5. The molecule has 0 fully saturated rings. The lowest BCUT2D eigenvalue weighted by molar-refractivity contribution is -0.233. The Morgan fingerprint density at radius 1 is 0.857 bits per heavy atom. The molecule has 14 heavy (non-hydrogen) atoms. The average molecular weight is 210 g/mol. The summed E-state index contributed by atoms with van der Waals surface area (Å²) in [6.45, 7) is 0.599. The molecule has 6 N–H and O–H groups in total. The van der Waals surface area contributed by atoms with Crippen LogP contribution in [-0.2, 0) is 0 Å². The van der Waals surface area contributed by atoms with Crippen molar-refractivity contribution in [1.82, 2.24) is 0 Å². The zero-order valence-electron chi connectivity index (χ0n) is 8.25. The van der Waals surface area contributed by atoms with Crippen LogP contribution in [0.1, 0.15) is 13.8 Å². The summed E-state index contributed by atoms with van der Waals surface area (Å²) in [7, 11) is 0. The molecule has 86 valence electrons. The van der Waals surface area contributed by atoms with Gasteiger partial charge in [-0.05, 0) is 13.8 Å². The Morgan fingerprint density at radius 2 is 1.07 bits per heavy atom. The van der Waals surface area contributed by atoms with E-state index >= 15 is 0 Å². The molecule has 0 rings (SSSR count). The largest absolute Gasteiger partial charge is 0.394 e. The van der Waals surface area contributed by atoms with Gasteiger partial charge in [0.2, 0.25) is 0 Å². The van der Waals surface area contributed by atoms with E-state index in [1.165, 1.54) is 0 Å². The van der Waals surface area contributed by atoms with Crippen molar-refractivity contribution in [3.8, 4) is 0 Å². The maximum atomic E-state index is 9.68. The van der Waals surface area contributed by atoms with Gasteiger partial charge in [0.25, 0.3) is 0 Å². The van der Waals surface area contributed by atoms with E-state index in [-0.39, 0.29) is 0 Å². The van der Waals surface area contributed by atoms with Crippen LogP contribution in [-0.4, -0.2) is 67.3 Å². The van der Waals surface area contributed by atoms with Crippen LogP contribution in [0, 0.1) is 0 Å². The predicted octanol–water partition coefficient (Wildman–Crippen LogP) is -2.81. The third-order valence-corrected chi connectivity index (χ3v) is 2.67.